The molecule has 1 amide bonds. The summed E-state index contributed by atoms with van der Waals surface area (Å²) in [4.78, 5) is 35.7. The van der Waals surface area contributed by atoms with Crippen molar-refractivity contribution in [1.82, 2.24) is 15.0 Å². The number of methoxy groups -OCH3 is 1. The van der Waals surface area contributed by atoms with Crippen LogP contribution in [0.5, 0.6) is 0 Å². The molecule has 2 N–H and O–H groups in total. The lowest BCUT2D eigenvalue weighted by Gasteiger charge is -2.08. The second-order valence-electron chi connectivity index (χ2n) is 5.80. The van der Waals surface area contributed by atoms with Gasteiger partial charge in [0.15, 0.2) is 0 Å². The molecule has 0 unspecified atom stereocenters. The van der Waals surface area contributed by atoms with E-state index in [0.717, 1.165) is 5.56 Å². The van der Waals surface area contributed by atoms with Crippen molar-refractivity contribution in [2.24, 2.45) is 0 Å². The fourth-order valence-corrected chi connectivity index (χ4v) is 2.73. The first-order valence-corrected chi connectivity index (χ1v) is 8.70. The third-order valence-electron chi connectivity index (χ3n) is 3.90. The molecule has 0 aliphatic heterocycles. The lowest BCUT2D eigenvalue weighted by molar-refractivity contribution is -0.111. The summed E-state index contributed by atoms with van der Waals surface area (Å²) in [6.07, 6.45) is 6.01. The number of hydrogen-bond donors (Lipinski definition) is 2. The standard InChI is InChI=1S/C20H20N4O4/c1-3-28-20(26)15-11-21-19-17(15)18(22-12-23-19)13-6-4-7-14(10-13)24-16(25)8-5-9-27-2/h4-8,10-12H,3,9H2,1-2H3,(H,24,25)(H,21,22,23)/b8-5+. The van der Waals surface area contributed by atoms with Gasteiger partial charge in [0.05, 0.1) is 29.9 Å². The third kappa shape index (κ3) is 4.24. The van der Waals surface area contributed by atoms with Crippen LogP contribution in [0.1, 0.15) is 17.3 Å². The second kappa shape index (κ2) is 8.92. The summed E-state index contributed by atoms with van der Waals surface area (Å²) < 4.78 is 10.00. The number of rotatable bonds is 7. The van der Waals surface area contributed by atoms with E-state index in [1.54, 1.807) is 44.5 Å². The number of benzene rings is 1. The summed E-state index contributed by atoms with van der Waals surface area (Å²) >= 11 is 0. The molecule has 0 aliphatic carbocycles. The number of carbonyl (C=O) groups excluding carboxylic acids is 2. The van der Waals surface area contributed by atoms with E-state index in [9.17, 15) is 9.59 Å². The number of H-pyrrole nitrogens is 1. The topological polar surface area (TPSA) is 106 Å². The smallest absolute Gasteiger partial charge is 0.340 e. The van der Waals surface area contributed by atoms with Crippen molar-refractivity contribution in [3.05, 3.63) is 54.5 Å². The molecule has 3 rings (SSSR count). The zero-order chi connectivity index (χ0) is 19.9. The van der Waals surface area contributed by atoms with Gasteiger partial charge < -0.3 is 19.8 Å². The molecular weight excluding hydrogens is 360 g/mol. The first-order chi connectivity index (χ1) is 13.6. The number of aromatic nitrogens is 3. The van der Waals surface area contributed by atoms with Crippen molar-refractivity contribution < 1.29 is 19.1 Å². The highest BCUT2D eigenvalue weighted by Gasteiger charge is 2.19. The first-order valence-electron chi connectivity index (χ1n) is 8.70. The van der Waals surface area contributed by atoms with E-state index < -0.39 is 5.97 Å². The summed E-state index contributed by atoms with van der Waals surface area (Å²) in [5.41, 5.74) is 2.80. The van der Waals surface area contributed by atoms with Crippen LogP contribution < -0.4 is 5.32 Å². The molecule has 0 saturated carbocycles. The van der Waals surface area contributed by atoms with Crippen LogP contribution in [0, 0.1) is 0 Å². The van der Waals surface area contributed by atoms with E-state index in [1.165, 1.54) is 12.4 Å². The van der Waals surface area contributed by atoms with Crippen LogP contribution in [-0.4, -0.2) is 47.2 Å². The monoisotopic (exact) mass is 380 g/mol. The predicted octanol–water partition coefficient (Wildman–Crippen LogP) is 2.94. The van der Waals surface area contributed by atoms with Gasteiger partial charge in [0.1, 0.15) is 12.0 Å². The second-order valence-corrected chi connectivity index (χ2v) is 5.80. The number of aromatic amines is 1. The van der Waals surface area contributed by atoms with Gasteiger partial charge in [-0.1, -0.05) is 18.2 Å². The van der Waals surface area contributed by atoms with Crippen molar-refractivity contribution in [2.75, 3.05) is 25.6 Å². The molecule has 0 saturated heterocycles. The van der Waals surface area contributed by atoms with Crippen molar-refractivity contribution in [1.29, 1.82) is 0 Å². The molecule has 3 aromatic rings. The highest BCUT2D eigenvalue weighted by Crippen LogP contribution is 2.30. The normalized spacial score (nSPS) is 11.1. The van der Waals surface area contributed by atoms with Gasteiger partial charge in [0.25, 0.3) is 0 Å². The lowest BCUT2D eigenvalue weighted by Crippen LogP contribution is -2.08. The van der Waals surface area contributed by atoms with Crippen LogP contribution in [0.15, 0.2) is 48.9 Å². The van der Waals surface area contributed by atoms with Crippen LogP contribution in [-0.2, 0) is 14.3 Å². The number of anilines is 1. The highest BCUT2D eigenvalue weighted by atomic mass is 16.5. The van der Waals surface area contributed by atoms with Gasteiger partial charge in [-0.2, -0.15) is 0 Å². The maximum absolute atomic E-state index is 12.3. The van der Waals surface area contributed by atoms with Crippen LogP contribution in [0.3, 0.4) is 0 Å². The summed E-state index contributed by atoms with van der Waals surface area (Å²) in [6.45, 7) is 2.38. The molecule has 8 nitrogen and oxygen atoms in total. The number of hydrogen-bond acceptors (Lipinski definition) is 6. The SMILES string of the molecule is CCOC(=O)c1c[nH]c2ncnc(-c3cccc(NC(=O)/C=C/COC)c3)c12. The molecule has 0 atom stereocenters. The Labute approximate surface area is 161 Å². The average molecular weight is 380 g/mol. The molecule has 1 aromatic carbocycles. The maximum atomic E-state index is 12.3. The summed E-state index contributed by atoms with van der Waals surface area (Å²) in [7, 11) is 1.56. The lowest BCUT2D eigenvalue weighted by atomic mass is 10.1. The Morgan fingerprint density at radius 2 is 2.14 bits per heavy atom. The number of fused-ring (bicyclic) bond motifs is 1. The van der Waals surface area contributed by atoms with E-state index in [-0.39, 0.29) is 12.5 Å². The molecule has 0 radical (unpaired) electrons. The Hall–Kier alpha value is -3.52. The van der Waals surface area contributed by atoms with Gasteiger partial charge in [-0.05, 0) is 19.1 Å². The molecule has 0 aliphatic rings. The zero-order valence-corrected chi connectivity index (χ0v) is 15.6. The molecule has 2 aromatic heterocycles. The van der Waals surface area contributed by atoms with Gasteiger partial charge in [-0.3, -0.25) is 4.79 Å². The Morgan fingerprint density at radius 3 is 2.93 bits per heavy atom. The van der Waals surface area contributed by atoms with Crippen LogP contribution >= 0.6 is 0 Å². The fourth-order valence-electron chi connectivity index (χ4n) is 2.73. The number of nitrogens with zero attached hydrogens (tertiary/aromatic N) is 2. The van der Waals surface area contributed by atoms with Crippen LogP contribution in [0.25, 0.3) is 22.3 Å². The largest absolute Gasteiger partial charge is 0.462 e. The third-order valence-corrected chi connectivity index (χ3v) is 3.90. The Kier molecular flexibility index (Phi) is 6.13. The van der Waals surface area contributed by atoms with Crippen molar-refractivity contribution in [3.63, 3.8) is 0 Å². The summed E-state index contributed by atoms with van der Waals surface area (Å²) in [5.74, 6) is -0.714. The Bertz CT molecular complexity index is 1030. The van der Waals surface area contributed by atoms with Crippen molar-refractivity contribution >= 4 is 28.6 Å². The van der Waals surface area contributed by atoms with E-state index in [0.29, 0.717) is 34.6 Å². The molecule has 0 spiro atoms. The fraction of sp³-hybridized carbons (Fsp3) is 0.200. The molecule has 2 heterocycles. The molecule has 0 fully saturated rings. The van der Waals surface area contributed by atoms with Gasteiger partial charge >= 0.3 is 5.97 Å². The van der Waals surface area contributed by atoms with Gasteiger partial charge in [0, 0.05) is 30.6 Å². The number of amides is 1. The predicted molar refractivity (Wildman–Crippen MR) is 105 cm³/mol. The van der Waals surface area contributed by atoms with Gasteiger partial charge in [-0.15, -0.1) is 0 Å². The molecule has 144 valence electrons. The van der Waals surface area contributed by atoms with Crippen LogP contribution in [0.2, 0.25) is 0 Å². The minimum atomic E-state index is -0.447. The molecule has 28 heavy (non-hydrogen) atoms. The molecule has 0 bridgehead atoms. The minimum absolute atomic E-state index is 0.268. The number of nitrogens with one attached hydrogen (secondary N) is 2. The van der Waals surface area contributed by atoms with Gasteiger partial charge in [-0.25, -0.2) is 14.8 Å². The van der Waals surface area contributed by atoms with E-state index in [2.05, 4.69) is 20.3 Å². The average Bonchev–Trinajstić information content (AvgIpc) is 3.13. The Morgan fingerprint density at radius 1 is 1.29 bits per heavy atom. The minimum Gasteiger partial charge on any atom is -0.462 e. The van der Waals surface area contributed by atoms with E-state index >= 15 is 0 Å². The number of carbonyl (C=O) groups is 2. The van der Waals surface area contributed by atoms with Crippen LogP contribution in [0.4, 0.5) is 5.69 Å². The summed E-state index contributed by atoms with van der Waals surface area (Å²) in [6, 6.07) is 7.20. The maximum Gasteiger partial charge on any atom is 0.340 e. The molecule has 8 heteroatoms. The number of esters is 1. The summed E-state index contributed by atoms with van der Waals surface area (Å²) in [5, 5.41) is 3.36. The first kappa shape index (κ1) is 19.2. The van der Waals surface area contributed by atoms with Gasteiger partial charge in [0.2, 0.25) is 5.91 Å². The van der Waals surface area contributed by atoms with E-state index in [4.69, 9.17) is 9.47 Å². The quantitative estimate of drug-likeness (QED) is 0.482. The number of ether oxygens (including phenoxy) is 2. The Balaban J connectivity index is 1.96. The molecular formula is C20H20N4O4. The van der Waals surface area contributed by atoms with Crippen molar-refractivity contribution in [2.45, 2.75) is 6.92 Å². The van der Waals surface area contributed by atoms with Crippen molar-refractivity contribution in [3.8, 4) is 11.3 Å². The highest BCUT2D eigenvalue weighted by molar-refractivity contribution is 6.08. The van der Waals surface area contributed by atoms with E-state index in [1.807, 2.05) is 6.07 Å². The zero-order valence-electron chi connectivity index (χ0n) is 15.6.